The molecule has 0 amide bonds. The second-order valence-electron chi connectivity index (χ2n) is 4.06. The van der Waals surface area contributed by atoms with E-state index in [1.807, 2.05) is 40.7 Å². The van der Waals surface area contributed by atoms with E-state index in [1.54, 1.807) is 12.1 Å². The van der Waals surface area contributed by atoms with Gasteiger partial charge in [0.2, 0.25) is 0 Å². The summed E-state index contributed by atoms with van der Waals surface area (Å²) in [5.74, 6) is -0.299. The smallest absolute Gasteiger partial charge is 0.128 e. The third-order valence-corrected chi connectivity index (χ3v) is 1.91. The maximum absolute atomic E-state index is 13.4. The third kappa shape index (κ3) is 3.71. The molecular weight excluding hydrogens is 189 g/mol. The number of hydrogen-bond donors (Lipinski definition) is 0. The van der Waals surface area contributed by atoms with Gasteiger partial charge in [-0.3, -0.25) is 0 Å². The number of nitriles is 1. The van der Waals surface area contributed by atoms with Crippen LogP contribution in [0.15, 0.2) is 18.2 Å². The topological polar surface area (TPSA) is 23.8 Å². The maximum Gasteiger partial charge on any atom is 0.128 e. The average Bonchev–Trinajstić information content (AvgIpc) is 2.18. The van der Waals surface area contributed by atoms with Crippen LogP contribution in [0, 0.1) is 17.1 Å². The number of rotatable bonds is 0. The van der Waals surface area contributed by atoms with Gasteiger partial charge in [-0.25, -0.2) is 4.39 Å². The molecule has 0 unspecified atom stereocenters. The highest BCUT2D eigenvalue weighted by Gasteiger charge is 2.17. The molecule has 2 heteroatoms. The molecule has 0 spiro atoms. The summed E-state index contributed by atoms with van der Waals surface area (Å²) in [6, 6.07) is 6.50. The summed E-state index contributed by atoms with van der Waals surface area (Å²) < 4.78 is 13.4. The second-order valence-corrected chi connectivity index (χ2v) is 4.06. The molecule has 15 heavy (non-hydrogen) atoms. The van der Waals surface area contributed by atoms with Gasteiger partial charge in [0.1, 0.15) is 5.82 Å². The summed E-state index contributed by atoms with van der Waals surface area (Å²) in [7, 11) is 0. The van der Waals surface area contributed by atoms with Crippen LogP contribution in [0.5, 0.6) is 0 Å². The van der Waals surface area contributed by atoms with Crippen molar-refractivity contribution in [2.24, 2.45) is 0 Å². The lowest BCUT2D eigenvalue weighted by molar-refractivity contribution is 0.522. The van der Waals surface area contributed by atoms with Crippen molar-refractivity contribution in [1.29, 1.82) is 5.26 Å². The Balaban J connectivity index is 0.000000921. The summed E-state index contributed by atoms with van der Waals surface area (Å²) >= 11 is 0. The lowest BCUT2D eigenvalue weighted by Gasteiger charge is -2.19. The van der Waals surface area contributed by atoms with Gasteiger partial charge in [0.05, 0.1) is 11.6 Å². The van der Waals surface area contributed by atoms with E-state index >= 15 is 0 Å². The first-order valence-electron chi connectivity index (χ1n) is 5.15. The molecule has 0 saturated carbocycles. The summed E-state index contributed by atoms with van der Waals surface area (Å²) in [6.45, 7) is 9.83. The van der Waals surface area contributed by atoms with Crippen molar-refractivity contribution in [3.8, 4) is 6.07 Å². The lowest BCUT2D eigenvalue weighted by atomic mass is 9.86. The molecule has 0 atom stereocenters. The van der Waals surface area contributed by atoms with Crippen molar-refractivity contribution in [3.05, 3.63) is 35.1 Å². The zero-order valence-corrected chi connectivity index (χ0v) is 10.1. The molecule has 0 saturated heterocycles. The molecule has 0 aliphatic rings. The summed E-state index contributed by atoms with van der Waals surface area (Å²) in [6.07, 6.45) is 0. The zero-order chi connectivity index (χ0) is 12.1. The molecule has 0 N–H and O–H groups in total. The van der Waals surface area contributed by atoms with Crippen LogP contribution in [-0.2, 0) is 5.41 Å². The van der Waals surface area contributed by atoms with E-state index < -0.39 is 0 Å². The fraction of sp³-hybridized carbons (Fsp3) is 0.462. The first kappa shape index (κ1) is 13.6. The van der Waals surface area contributed by atoms with E-state index in [2.05, 4.69) is 0 Å². The molecule has 82 valence electrons. The summed E-state index contributed by atoms with van der Waals surface area (Å²) in [4.78, 5) is 0. The second kappa shape index (κ2) is 5.50. The predicted molar refractivity (Wildman–Crippen MR) is 61.2 cm³/mol. The van der Waals surface area contributed by atoms with Gasteiger partial charge >= 0.3 is 0 Å². The highest BCUT2D eigenvalue weighted by Crippen LogP contribution is 2.25. The summed E-state index contributed by atoms with van der Waals surface area (Å²) in [5, 5.41) is 8.54. The van der Waals surface area contributed by atoms with Gasteiger partial charge in [0, 0.05) is 0 Å². The molecule has 0 aromatic heterocycles. The standard InChI is InChI=1S/C11H12FN.C2H6/c1-11(2,3)9-5-4-8(7-13)6-10(9)12;1-2/h4-6H,1-3H3;1-2H3. The van der Waals surface area contributed by atoms with Crippen LogP contribution < -0.4 is 0 Å². The van der Waals surface area contributed by atoms with Gasteiger partial charge in [0.25, 0.3) is 0 Å². The Hall–Kier alpha value is -1.36. The largest absolute Gasteiger partial charge is 0.207 e. The SMILES string of the molecule is CC.CC(C)(C)c1ccc(C#N)cc1F. The van der Waals surface area contributed by atoms with Gasteiger partial charge in [-0.1, -0.05) is 40.7 Å². The van der Waals surface area contributed by atoms with E-state index in [0.29, 0.717) is 11.1 Å². The average molecular weight is 207 g/mol. The van der Waals surface area contributed by atoms with Gasteiger partial charge in [-0.2, -0.15) is 5.26 Å². The fourth-order valence-electron chi connectivity index (χ4n) is 1.19. The Morgan fingerprint density at radius 3 is 2.07 bits per heavy atom. The van der Waals surface area contributed by atoms with Crippen molar-refractivity contribution < 1.29 is 4.39 Å². The van der Waals surface area contributed by atoms with Gasteiger partial charge < -0.3 is 0 Å². The van der Waals surface area contributed by atoms with Crippen molar-refractivity contribution in [1.82, 2.24) is 0 Å². The molecule has 0 aliphatic heterocycles. The Bertz CT molecular complexity index is 356. The van der Waals surface area contributed by atoms with Gasteiger partial charge in [0.15, 0.2) is 0 Å². The van der Waals surface area contributed by atoms with Crippen LogP contribution in [0.25, 0.3) is 0 Å². The van der Waals surface area contributed by atoms with E-state index in [0.717, 1.165) is 0 Å². The summed E-state index contributed by atoms with van der Waals surface area (Å²) in [5.41, 5.74) is 0.801. The van der Waals surface area contributed by atoms with Crippen molar-refractivity contribution >= 4 is 0 Å². The number of nitrogens with zero attached hydrogens (tertiary/aromatic N) is 1. The minimum Gasteiger partial charge on any atom is -0.207 e. The predicted octanol–water partition coefficient (Wildman–Crippen LogP) is 4.02. The molecule has 1 aromatic rings. The van der Waals surface area contributed by atoms with Crippen molar-refractivity contribution in [2.45, 2.75) is 40.0 Å². The number of hydrogen-bond acceptors (Lipinski definition) is 1. The minimum atomic E-state index is -0.299. The highest BCUT2D eigenvalue weighted by atomic mass is 19.1. The molecule has 0 bridgehead atoms. The Morgan fingerprint density at radius 1 is 1.20 bits per heavy atom. The van der Waals surface area contributed by atoms with Crippen LogP contribution in [0.1, 0.15) is 45.7 Å². The molecule has 1 rings (SSSR count). The molecule has 0 heterocycles. The van der Waals surface area contributed by atoms with Crippen molar-refractivity contribution in [2.75, 3.05) is 0 Å². The molecular formula is C13H18FN. The number of halogens is 1. The monoisotopic (exact) mass is 207 g/mol. The Kier molecular flexibility index (Phi) is 5.00. The van der Waals surface area contributed by atoms with Crippen LogP contribution >= 0.6 is 0 Å². The third-order valence-electron chi connectivity index (χ3n) is 1.91. The molecule has 1 aromatic carbocycles. The molecule has 1 nitrogen and oxygen atoms in total. The van der Waals surface area contributed by atoms with Crippen LogP contribution in [0.4, 0.5) is 4.39 Å². The van der Waals surface area contributed by atoms with E-state index in [1.165, 1.54) is 6.07 Å². The highest BCUT2D eigenvalue weighted by molar-refractivity contribution is 5.35. The molecule has 0 radical (unpaired) electrons. The maximum atomic E-state index is 13.4. The Labute approximate surface area is 91.5 Å². The quantitative estimate of drug-likeness (QED) is 0.630. The normalized spacial score (nSPS) is 9.93. The van der Waals surface area contributed by atoms with Gasteiger partial charge in [-0.05, 0) is 23.1 Å². The molecule has 0 aliphatic carbocycles. The first-order chi connectivity index (χ1) is 6.95. The van der Waals surface area contributed by atoms with Crippen LogP contribution in [-0.4, -0.2) is 0 Å². The van der Waals surface area contributed by atoms with Crippen LogP contribution in [0.3, 0.4) is 0 Å². The zero-order valence-electron chi connectivity index (χ0n) is 10.1. The van der Waals surface area contributed by atoms with Crippen LogP contribution in [0.2, 0.25) is 0 Å². The van der Waals surface area contributed by atoms with E-state index in [-0.39, 0.29) is 11.2 Å². The fourth-order valence-corrected chi connectivity index (χ4v) is 1.19. The first-order valence-corrected chi connectivity index (χ1v) is 5.15. The van der Waals surface area contributed by atoms with E-state index in [4.69, 9.17) is 5.26 Å². The van der Waals surface area contributed by atoms with Crippen molar-refractivity contribution in [3.63, 3.8) is 0 Å². The lowest BCUT2D eigenvalue weighted by Crippen LogP contribution is -2.13. The Morgan fingerprint density at radius 2 is 1.73 bits per heavy atom. The molecule has 0 fully saturated rings. The van der Waals surface area contributed by atoms with Gasteiger partial charge in [-0.15, -0.1) is 0 Å². The van der Waals surface area contributed by atoms with E-state index in [9.17, 15) is 4.39 Å². The number of benzene rings is 1. The minimum absolute atomic E-state index is 0.210.